The minimum Gasteiger partial charge on any atom is -0.398 e. The molecule has 2 N–H and O–H groups in total. The summed E-state index contributed by atoms with van der Waals surface area (Å²) < 4.78 is 0. The van der Waals surface area contributed by atoms with E-state index in [2.05, 4.69) is 4.98 Å². The van der Waals surface area contributed by atoms with Gasteiger partial charge < -0.3 is 5.73 Å². The summed E-state index contributed by atoms with van der Waals surface area (Å²) in [7, 11) is 0. The van der Waals surface area contributed by atoms with E-state index < -0.39 is 0 Å². The number of aromatic nitrogens is 1. The number of benzene rings is 1. The van der Waals surface area contributed by atoms with Crippen LogP contribution in [0.3, 0.4) is 0 Å². The summed E-state index contributed by atoms with van der Waals surface area (Å²) in [5.41, 5.74) is 8.71. The fraction of sp³-hybridized carbons (Fsp3) is 0.133. The van der Waals surface area contributed by atoms with E-state index in [-0.39, 0.29) is 11.8 Å². The van der Waals surface area contributed by atoms with Crippen LogP contribution in [0.1, 0.15) is 33.2 Å². The molecule has 2 heterocycles. The molecule has 1 aromatic carbocycles. The average molecular weight is 267 g/mol. The predicted octanol–water partition coefficient (Wildman–Crippen LogP) is 2.03. The topological polar surface area (TPSA) is 76.3 Å². The van der Waals surface area contributed by atoms with E-state index in [1.807, 2.05) is 13.0 Å². The molecule has 2 aromatic rings. The highest BCUT2D eigenvalue weighted by molar-refractivity contribution is 6.34. The van der Waals surface area contributed by atoms with E-state index in [1.165, 1.54) is 12.4 Å². The van der Waals surface area contributed by atoms with Crippen molar-refractivity contribution in [3.05, 3.63) is 53.3 Å². The summed E-state index contributed by atoms with van der Waals surface area (Å²) in [6.45, 7) is 2.00. The Morgan fingerprint density at radius 3 is 2.55 bits per heavy atom. The van der Waals surface area contributed by atoms with Gasteiger partial charge in [0, 0.05) is 18.1 Å². The lowest BCUT2D eigenvalue weighted by Crippen LogP contribution is -2.29. The molecule has 100 valence electrons. The van der Waals surface area contributed by atoms with E-state index >= 15 is 0 Å². The molecule has 0 radical (unpaired) electrons. The molecule has 5 heteroatoms. The van der Waals surface area contributed by atoms with Gasteiger partial charge in [-0.25, -0.2) is 4.90 Å². The van der Waals surface area contributed by atoms with Gasteiger partial charge >= 0.3 is 0 Å². The minimum atomic E-state index is -0.359. The van der Waals surface area contributed by atoms with Crippen LogP contribution in [0.4, 0.5) is 11.4 Å². The van der Waals surface area contributed by atoms with Crippen molar-refractivity contribution in [1.82, 2.24) is 4.98 Å². The number of pyridine rings is 1. The van der Waals surface area contributed by atoms with Gasteiger partial charge in [-0.15, -0.1) is 0 Å². The van der Waals surface area contributed by atoms with Gasteiger partial charge in [0.15, 0.2) is 0 Å². The van der Waals surface area contributed by atoms with Gasteiger partial charge in [-0.2, -0.15) is 0 Å². The number of carbonyl (C=O) groups excluding carboxylic acids is 2. The number of amides is 2. The Labute approximate surface area is 116 Å². The molecular formula is C15H13N3O2. The number of carbonyl (C=O) groups is 2. The molecule has 1 aromatic heterocycles. The van der Waals surface area contributed by atoms with Crippen molar-refractivity contribution in [3.63, 3.8) is 0 Å². The van der Waals surface area contributed by atoms with Crippen LogP contribution in [-0.2, 0) is 6.42 Å². The minimum absolute atomic E-state index is 0.329. The highest BCUT2D eigenvalue weighted by Gasteiger charge is 2.36. The lowest BCUT2D eigenvalue weighted by Gasteiger charge is -2.15. The lowest BCUT2D eigenvalue weighted by atomic mass is 10.1. The molecule has 0 bridgehead atoms. The molecule has 0 aliphatic carbocycles. The summed E-state index contributed by atoms with van der Waals surface area (Å²) in [5.74, 6) is -0.696. The molecule has 1 aliphatic rings. The second kappa shape index (κ2) is 4.45. The number of imide groups is 1. The monoisotopic (exact) mass is 267 g/mol. The first-order valence-electron chi connectivity index (χ1n) is 6.34. The number of nitrogen functional groups attached to an aromatic ring is 1. The Morgan fingerprint density at radius 2 is 1.90 bits per heavy atom. The van der Waals surface area contributed by atoms with Crippen molar-refractivity contribution in [2.24, 2.45) is 0 Å². The smallest absolute Gasteiger partial charge is 0.267 e. The molecule has 3 rings (SSSR count). The first-order chi connectivity index (χ1) is 9.63. The normalized spacial score (nSPS) is 13.8. The number of fused-ring (bicyclic) bond motifs is 1. The zero-order valence-corrected chi connectivity index (χ0v) is 11.0. The van der Waals surface area contributed by atoms with Crippen molar-refractivity contribution in [2.75, 3.05) is 10.6 Å². The number of nitrogens with zero attached hydrogens (tertiary/aromatic N) is 2. The first-order valence-corrected chi connectivity index (χ1v) is 6.34. The number of hydrogen-bond donors (Lipinski definition) is 1. The molecule has 0 spiro atoms. The fourth-order valence-electron chi connectivity index (χ4n) is 2.36. The van der Waals surface area contributed by atoms with Crippen LogP contribution in [0.2, 0.25) is 0 Å². The van der Waals surface area contributed by atoms with Crippen LogP contribution >= 0.6 is 0 Å². The van der Waals surface area contributed by atoms with E-state index in [0.29, 0.717) is 22.5 Å². The van der Waals surface area contributed by atoms with Crippen LogP contribution in [0.5, 0.6) is 0 Å². The Morgan fingerprint density at radius 1 is 1.15 bits per heavy atom. The number of hydrogen-bond acceptors (Lipinski definition) is 4. The van der Waals surface area contributed by atoms with Crippen LogP contribution in [0.25, 0.3) is 0 Å². The average Bonchev–Trinajstić information content (AvgIpc) is 2.71. The van der Waals surface area contributed by atoms with E-state index in [1.54, 1.807) is 18.2 Å². The standard InChI is InChI=1S/C15H13N3O2/c1-2-9-3-4-10(7-13(9)16)18-14(19)11-5-6-17-8-12(11)15(18)20/h3-8H,2,16H2,1H3. The van der Waals surface area contributed by atoms with Gasteiger partial charge in [-0.1, -0.05) is 13.0 Å². The molecule has 0 saturated heterocycles. The van der Waals surface area contributed by atoms with E-state index in [0.717, 1.165) is 16.9 Å². The van der Waals surface area contributed by atoms with Crippen molar-refractivity contribution in [2.45, 2.75) is 13.3 Å². The maximum atomic E-state index is 12.3. The molecular weight excluding hydrogens is 254 g/mol. The van der Waals surface area contributed by atoms with Gasteiger partial charge in [0.05, 0.1) is 16.8 Å². The third-order valence-corrected chi connectivity index (χ3v) is 3.46. The molecule has 20 heavy (non-hydrogen) atoms. The molecule has 5 nitrogen and oxygen atoms in total. The zero-order chi connectivity index (χ0) is 14.3. The van der Waals surface area contributed by atoms with E-state index in [4.69, 9.17) is 5.73 Å². The number of aryl methyl sites for hydroxylation is 1. The maximum Gasteiger partial charge on any atom is 0.267 e. The van der Waals surface area contributed by atoms with Crippen molar-refractivity contribution in [3.8, 4) is 0 Å². The number of rotatable bonds is 2. The Kier molecular flexibility index (Phi) is 2.75. The van der Waals surface area contributed by atoms with Gasteiger partial charge in [0.2, 0.25) is 0 Å². The summed E-state index contributed by atoms with van der Waals surface area (Å²) >= 11 is 0. The van der Waals surface area contributed by atoms with Gasteiger partial charge in [0.1, 0.15) is 0 Å². The number of nitrogens with two attached hydrogens (primary N) is 1. The molecule has 0 fully saturated rings. The van der Waals surface area contributed by atoms with Crippen molar-refractivity contribution < 1.29 is 9.59 Å². The SMILES string of the molecule is CCc1ccc(N2C(=O)c3ccncc3C2=O)cc1N. The summed E-state index contributed by atoms with van der Waals surface area (Å²) in [5, 5.41) is 0. The second-order valence-electron chi connectivity index (χ2n) is 4.60. The summed E-state index contributed by atoms with van der Waals surface area (Å²) in [6.07, 6.45) is 3.72. The lowest BCUT2D eigenvalue weighted by molar-refractivity contribution is 0.0926. The molecule has 0 unspecified atom stereocenters. The summed E-state index contributed by atoms with van der Waals surface area (Å²) in [6, 6.07) is 6.80. The Hall–Kier alpha value is -2.69. The predicted molar refractivity (Wildman–Crippen MR) is 75.6 cm³/mol. The quantitative estimate of drug-likeness (QED) is 0.667. The van der Waals surface area contributed by atoms with Gasteiger partial charge in [-0.05, 0) is 30.2 Å². The van der Waals surface area contributed by atoms with Crippen LogP contribution in [0, 0.1) is 0 Å². The molecule has 0 atom stereocenters. The van der Waals surface area contributed by atoms with Crippen molar-refractivity contribution in [1.29, 1.82) is 0 Å². The fourth-order valence-corrected chi connectivity index (χ4v) is 2.36. The van der Waals surface area contributed by atoms with Gasteiger partial charge in [-0.3, -0.25) is 14.6 Å². The molecule has 2 amide bonds. The Bertz CT molecular complexity index is 690. The van der Waals surface area contributed by atoms with Crippen molar-refractivity contribution >= 4 is 23.2 Å². The van der Waals surface area contributed by atoms with Gasteiger partial charge in [0.25, 0.3) is 11.8 Å². The van der Waals surface area contributed by atoms with E-state index in [9.17, 15) is 9.59 Å². The molecule has 1 aliphatic heterocycles. The Balaban J connectivity index is 2.07. The van der Waals surface area contributed by atoms with Crippen LogP contribution in [0.15, 0.2) is 36.7 Å². The zero-order valence-electron chi connectivity index (χ0n) is 11.0. The number of anilines is 2. The maximum absolute atomic E-state index is 12.3. The highest BCUT2D eigenvalue weighted by atomic mass is 16.2. The van der Waals surface area contributed by atoms with Crippen LogP contribution in [-0.4, -0.2) is 16.8 Å². The second-order valence-corrected chi connectivity index (χ2v) is 4.60. The third-order valence-electron chi connectivity index (χ3n) is 3.46. The molecule has 0 saturated carbocycles. The third kappa shape index (κ3) is 1.67. The largest absolute Gasteiger partial charge is 0.398 e. The summed E-state index contributed by atoms with van der Waals surface area (Å²) in [4.78, 5) is 29.6. The highest BCUT2D eigenvalue weighted by Crippen LogP contribution is 2.29. The van der Waals surface area contributed by atoms with Crippen LogP contribution < -0.4 is 10.6 Å². The first kappa shape index (κ1) is 12.3.